The second-order valence-corrected chi connectivity index (χ2v) is 11.0. The van der Waals surface area contributed by atoms with Crippen molar-refractivity contribution in [2.45, 2.75) is 36.8 Å². The summed E-state index contributed by atoms with van der Waals surface area (Å²) in [7, 11) is 1.56. The monoisotopic (exact) mass is 527 g/mol. The number of ketones is 1. The number of halogens is 1. The predicted molar refractivity (Wildman–Crippen MR) is 144 cm³/mol. The molecule has 0 unspecified atom stereocenters. The lowest BCUT2D eigenvalue weighted by Crippen LogP contribution is -2.62. The number of ether oxygens (including phenoxy) is 1. The molecule has 2 saturated heterocycles. The average molecular weight is 528 g/mol. The summed E-state index contributed by atoms with van der Waals surface area (Å²) in [4.78, 5) is 45.8. The van der Waals surface area contributed by atoms with Gasteiger partial charge >= 0.3 is 0 Å². The lowest BCUT2D eigenvalue weighted by Gasteiger charge is -2.43. The Bertz CT molecular complexity index is 1570. The van der Waals surface area contributed by atoms with E-state index in [4.69, 9.17) is 16.3 Å². The van der Waals surface area contributed by atoms with Crippen LogP contribution in [0.15, 0.2) is 60.7 Å². The Kier molecular flexibility index (Phi) is 4.88. The van der Waals surface area contributed by atoms with Gasteiger partial charge in [-0.1, -0.05) is 41.9 Å². The summed E-state index contributed by atoms with van der Waals surface area (Å²) in [6.45, 7) is 2.48. The number of hydrogen-bond donors (Lipinski definition) is 2. The SMILES string of the molecule is COc1cccc(C(=O)[C@@H]2[C@@H]3CCCN3[C@]3(C(=O)Nc4c(C)cc(Cl)cc43)[C@@]23C(=O)Nc2ccccc23)c1. The highest BCUT2D eigenvalue weighted by atomic mass is 35.5. The van der Waals surface area contributed by atoms with Gasteiger partial charge in [0.05, 0.1) is 13.0 Å². The molecule has 0 bridgehead atoms. The van der Waals surface area contributed by atoms with Crippen molar-refractivity contribution in [2.75, 3.05) is 24.3 Å². The number of nitrogens with zero attached hydrogens (tertiary/aromatic N) is 1. The summed E-state index contributed by atoms with van der Waals surface area (Å²) in [5, 5.41) is 6.65. The number of rotatable bonds is 3. The van der Waals surface area contributed by atoms with Gasteiger partial charge in [-0.3, -0.25) is 19.3 Å². The average Bonchev–Trinajstić information content (AvgIpc) is 3.63. The third-order valence-corrected chi connectivity index (χ3v) is 9.22. The Morgan fingerprint density at radius 1 is 1.03 bits per heavy atom. The zero-order valence-electron chi connectivity index (χ0n) is 21.0. The molecule has 7 rings (SSSR count). The molecule has 192 valence electrons. The number of Topliss-reactive ketones (excluding diaryl/α,β-unsaturated/α-hetero) is 1. The van der Waals surface area contributed by atoms with Crippen molar-refractivity contribution in [1.29, 1.82) is 0 Å². The van der Waals surface area contributed by atoms with Gasteiger partial charge in [0.1, 0.15) is 16.7 Å². The minimum absolute atomic E-state index is 0.176. The van der Waals surface area contributed by atoms with Crippen LogP contribution in [0.1, 0.15) is 39.9 Å². The van der Waals surface area contributed by atoms with Gasteiger partial charge in [0.25, 0.3) is 5.91 Å². The molecule has 0 radical (unpaired) electrons. The maximum atomic E-state index is 14.6. The van der Waals surface area contributed by atoms with E-state index in [9.17, 15) is 14.4 Å². The van der Waals surface area contributed by atoms with Gasteiger partial charge in [0, 0.05) is 33.6 Å². The zero-order chi connectivity index (χ0) is 26.4. The first-order valence-electron chi connectivity index (χ1n) is 12.8. The van der Waals surface area contributed by atoms with Crippen LogP contribution in [-0.4, -0.2) is 42.2 Å². The summed E-state index contributed by atoms with van der Waals surface area (Å²) in [6, 6.07) is 17.7. The molecular formula is C30H26ClN3O4. The van der Waals surface area contributed by atoms with Crippen molar-refractivity contribution in [1.82, 2.24) is 4.90 Å². The molecule has 38 heavy (non-hydrogen) atoms. The first-order valence-corrected chi connectivity index (χ1v) is 13.2. The number of aryl methyl sites for hydroxylation is 1. The first-order chi connectivity index (χ1) is 18.3. The highest BCUT2D eigenvalue weighted by Crippen LogP contribution is 2.68. The molecule has 4 aliphatic rings. The quantitative estimate of drug-likeness (QED) is 0.483. The van der Waals surface area contributed by atoms with Gasteiger partial charge < -0.3 is 15.4 Å². The molecule has 8 heteroatoms. The van der Waals surface area contributed by atoms with Gasteiger partial charge in [-0.2, -0.15) is 0 Å². The van der Waals surface area contributed by atoms with Gasteiger partial charge in [-0.05, 0) is 67.8 Å². The summed E-state index contributed by atoms with van der Waals surface area (Å²) in [6.07, 6.45) is 1.51. The van der Waals surface area contributed by atoms with Crippen molar-refractivity contribution in [2.24, 2.45) is 5.92 Å². The Hall–Kier alpha value is -3.68. The molecular weight excluding hydrogens is 502 g/mol. The second-order valence-electron chi connectivity index (χ2n) is 10.6. The molecule has 7 nitrogen and oxygen atoms in total. The van der Waals surface area contributed by atoms with E-state index < -0.39 is 16.9 Å². The van der Waals surface area contributed by atoms with Crippen LogP contribution in [0.5, 0.6) is 5.75 Å². The standard InChI is InChI=1S/C30H26ClN3O4/c1-16-13-18(31)15-21-25(16)33-28(37)30(21)29(20-9-3-4-10-22(20)32-27(29)36)24(23-11-6-12-34(23)30)26(35)17-7-5-8-19(14-17)38-2/h3-5,7-10,13-15,23-24H,6,11-12H2,1-2H3,(H,32,36)(H,33,37)/t23-,24-,29+,30+/m0/s1. The molecule has 4 heterocycles. The maximum absolute atomic E-state index is 14.6. The van der Waals surface area contributed by atoms with Crippen LogP contribution in [0.25, 0.3) is 0 Å². The Morgan fingerprint density at radius 2 is 1.84 bits per heavy atom. The van der Waals surface area contributed by atoms with E-state index in [1.165, 1.54) is 0 Å². The number of benzene rings is 3. The fourth-order valence-electron chi connectivity index (χ4n) is 7.77. The molecule has 2 fully saturated rings. The zero-order valence-corrected chi connectivity index (χ0v) is 21.8. The molecule has 4 atom stereocenters. The van der Waals surface area contributed by atoms with Crippen LogP contribution in [0.3, 0.4) is 0 Å². The number of carbonyl (C=O) groups excluding carboxylic acids is 3. The minimum atomic E-state index is -1.50. The van der Waals surface area contributed by atoms with E-state index >= 15 is 0 Å². The van der Waals surface area contributed by atoms with E-state index in [0.717, 1.165) is 12.0 Å². The van der Waals surface area contributed by atoms with Gasteiger partial charge in [-0.15, -0.1) is 0 Å². The molecule has 3 aromatic rings. The number of para-hydroxylation sites is 1. The number of hydrogen-bond acceptors (Lipinski definition) is 5. The number of nitrogens with one attached hydrogen (secondary N) is 2. The fourth-order valence-corrected chi connectivity index (χ4v) is 8.04. The molecule has 0 aliphatic carbocycles. The number of anilines is 2. The highest BCUT2D eigenvalue weighted by molar-refractivity contribution is 6.31. The van der Waals surface area contributed by atoms with E-state index in [0.29, 0.717) is 51.8 Å². The summed E-state index contributed by atoms with van der Waals surface area (Å²) >= 11 is 6.60. The van der Waals surface area contributed by atoms with E-state index in [2.05, 4.69) is 15.5 Å². The highest BCUT2D eigenvalue weighted by Gasteiger charge is 2.81. The number of carbonyl (C=O) groups is 3. The predicted octanol–water partition coefficient (Wildman–Crippen LogP) is 4.67. The normalized spacial score (nSPS) is 28.8. The van der Waals surface area contributed by atoms with E-state index in [1.807, 2.05) is 37.3 Å². The second kappa shape index (κ2) is 7.91. The molecule has 3 aromatic carbocycles. The number of methoxy groups -OCH3 is 1. The van der Waals surface area contributed by atoms with Crippen molar-refractivity contribution < 1.29 is 19.1 Å². The topological polar surface area (TPSA) is 87.7 Å². The summed E-state index contributed by atoms with van der Waals surface area (Å²) in [5.74, 6) is -1.06. The van der Waals surface area contributed by atoms with Crippen molar-refractivity contribution in [3.05, 3.63) is 87.9 Å². The van der Waals surface area contributed by atoms with Crippen LogP contribution in [0.4, 0.5) is 11.4 Å². The van der Waals surface area contributed by atoms with Crippen LogP contribution >= 0.6 is 11.6 Å². The first kappa shape index (κ1) is 23.4. The van der Waals surface area contributed by atoms with Crippen molar-refractivity contribution >= 4 is 40.6 Å². The lowest BCUT2D eigenvalue weighted by molar-refractivity contribution is -0.137. The molecule has 0 saturated carbocycles. The fraction of sp³-hybridized carbons (Fsp3) is 0.300. The molecule has 2 N–H and O–H groups in total. The van der Waals surface area contributed by atoms with E-state index in [1.54, 1.807) is 37.4 Å². The summed E-state index contributed by atoms with van der Waals surface area (Å²) in [5.41, 5.74) is 0.954. The smallest absolute Gasteiger partial charge is 0.251 e. The van der Waals surface area contributed by atoms with E-state index in [-0.39, 0.29) is 23.6 Å². The van der Waals surface area contributed by atoms with Crippen LogP contribution in [0.2, 0.25) is 5.02 Å². The van der Waals surface area contributed by atoms with Gasteiger partial charge in [0.15, 0.2) is 5.78 Å². The molecule has 4 aliphatic heterocycles. The molecule has 2 amide bonds. The van der Waals surface area contributed by atoms with Crippen LogP contribution in [0, 0.1) is 12.8 Å². The third kappa shape index (κ3) is 2.60. The van der Waals surface area contributed by atoms with Gasteiger partial charge in [0.2, 0.25) is 5.91 Å². The number of amides is 2. The van der Waals surface area contributed by atoms with Crippen molar-refractivity contribution in [3.8, 4) is 5.75 Å². The molecule has 0 aromatic heterocycles. The summed E-state index contributed by atoms with van der Waals surface area (Å²) < 4.78 is 5.41. The Labute approximate surface area is 225 Å². The Balaban J connectivity index is 1.59. The van der Waals surface area contributed by atoms with Gasteiger partial charge in [-0.25, -0.2) is 0 Å². The largest absolute Gasteiger partial charge is 0.497 e. The lowest BCUT2D eigenvalue weighted by atomic mass is 9.57. The third-order valence-electron chi connectivity index (χ3n) is 9.00. The maximum Gasteiger partial charge on any atom is 0.251 e. The number of fused-ring (bicyclic) bond motifs is 7. The Morgan fingerprint density at radius 3 is 2.66 bits per heavy atom. The molecule has 2 spiro atoms. The van der Waals surface area contributed by atoms with Crippen molar-refractivity contribution in [3.63, 3.8) is 0 Å². The minimum Gasteiger partial charge on any atom is -0.497 e. The van der Waals surface area contributed by atoms with Crippen LogP contribution in [-0.2, 0) is 20.5 Å². The van der Waals surface area contributed by atoms with Crippen LogP contribution < -0.4 is 15.4 Å².